The molecule has 38 heavy (non-hydrogen) atoms. The van der Waals surface area contributed by atoms with Gasteiger partial charge in [-0.3, -0.25) is 9.59 Å². The summed E-state index contributed by atoms with van der Waals surface area (Å²) in [5, 5.41) is 0. The molecular weight excluding hydrogens is 476 g/mol. The van der Waals surface area contributed by atoms with Crippen LogP contribution in [-0.4, -0.2) is 68.1 Å². The fourth-order valence-electron chi connectivity index (χ4n) is 6.69. The minimum Gasteiger partial charge on any atom is -0.497 e. The number of carbonyl (C=O) groups excluding carboxylic acids is 2. The van der Waals surface area contributed by atoms with Gasteiger partial charge < -0.3 is 19.3 Å². The van der Waals surface area contributed by atoms with Crippen molar-refractivity contribution in [3.63, 3.8) is 0 Å². The van der Waals surface area contributed by atoms with Gasteiger partial charge in [0.05, 0.1) is 7.11 Å². The van der Waals surface area contributed by atoms with Crippen LogP contribution in [0.4, 0.5) is 0 Å². The highest BCUT2D eigenvalue weighted by Gasteiger charge is 2.54. The first kappa shape index (κ1) is 28.2. The van der Waals surface area contributed by atoms with E-state index in [-0.39, 0.29) is 35.4 Å². The summed E-state index contributed by atoms with van der Waals surface area (Å²) in [6, 6.07) is 18.9. The van der Waals surface area contributed by atoms with Crippen LogP contribution in [0.15, 0.2) is 54.6 Å². The number of nitrogens with zero attached hydrogens (tertiary/aromatic N) is 2. The molecule has 2 aromatic carbocycles. The normalized spacial score (nSPS) is 25.3. The fourth-order valence-corrected chi connectivity index (χ4v) is 6.69. The number of esters is 1. The predicted octanol–water partition coefficient (Wildman–Crippen LogP) is 5.24. The van der Waals surface area contributed by atoms with Gasteiger partial charge in [-0.2, -0.15) is 0 Å². The first-order chi connectivity index (χ1) is 18.3. The van der Waals surface area contributed by atoms with Crippen molar-refractivity contribution in [1.82, 2.24) is 9.80 Å². The van der Waals surface area contributed by atoms with Gasteiger partial charge in [0.2, 0.25) is 5.91 Å². The van der Waals surface area contributed by atoms with E-state index in [0.717, 1.165) is 57.4 Å². The molecule has 0 N–H and O–H groups in total. The summed E-state index contributed by atoms with van der Waals surface area (Å²) in [6.07, 6.45) is 6.90. The SMILES string of the molecule is COc1cccc([C@@]23CCN(C)C[C@H]2C(OC(C)=O)C[C@H](N(C)C(=O)CCCCCc2ccccc2)C3)c1. The number of unbranched alkanes of at least 4 members (excludes halogenated alkanes) is 2. The van der Waals surface area contributed by atoms with Gasteiger partial charge in [-0.15, -0.1) is 0 Å². The molecule has 2 fully saturated rings. The van der Waals surface area contributed by atoms with E-state index in [1.165, 1.54) is 18.1 Å². The highest BCUT2D eigenvalue weighted by Crippen LogP contribution is 2.51. The van der Waals surface area contributed by atoms with Gasteiger partial charge in [-0.1, -0.05) is 48.9 Å². The van der Waals surface area contributed by atoms with Crippen molar-refractivity contribution in [3.05, 3.63) is 65.7 Å². The highest BCUT2D eigenvalue weighted by atomic mass is 16.5. The Hall–Kier alpha value is -2.86. The summed E-state index contributed by atoms with van der Waals surface area (Å²) < 4.78 is 11.6. The average Bonchev–Trinajstić information content (AvgIpc) is 2.93. The lowest BCUT2D eigenvalue weighted by Crippen LogP contribution is -2.61. The van der Waals surface area contributed by atoms with Crippen molar-refractivity contribution in [2.75, 3.05) is 34.3 Å². The third-order valence-electron chi connectivity index (χ3n) is 8.81. The summed E-state index contributed by atoms with van der Waals surface area (Å²) in [7, 11) is 5.77. The van der Waals surface area contributed by atoms with Crippen molar-refractivity contribution < 1.29 is 19.1 Å². The molecule has 0 bridgehead atoms. The Morgan fingerprint density at radius 1 is 1.08 bits per heavy atom. The number of piperidine rings is 1. The standard InChI is InChI=1S/C32H44N2O4/c1-24(35)38-30-21-27(34(3)31(36)17-10-6-9-14-25-12-7-5-8-13-25)22-32(18-19-33(2)23-29(30)32)26-15-11-16-28(20-26)37-4/h5,7-8,11-13,15-16,20,27,29-30H,6,9-10,14,17-19,21-23H2,1-4H3/t27-,29-,30?,32-/m0/s1. The molecule has 0 radical (unpaired) electrons. The number of benzene rings is 2. The van der Waals surface area contributed by atoms with Crippen molar-refractivity contribution >= 4 is 11.9 Å². The van der Waals surface area contributed by atoms with Gasteiger partial charge in [0.25, 0.3) is 0 Å². The Labute approximate surface area is 228 Å². The van der Waals surface area contributed by atoms with Gasteiger partial charge >= 0.3 is 5.97 Å². The molecule has 2 aliphatic rings. The van der Waals surface area contributed by atoms with Crippen molar-refractivity contribution in [2.45, 2.75) is 75.9 Å². The van der Waals surface area contributed by atoms with Crippen LogP contribution in [0.3, 0.4) is 0 Å². The zero-order valence-electron chi connectivity index (χ0n) is 23.5. The molecule has 1 amide bonds. The number of amides is 1. The number of hydrogen-bond acceptors (Lipinski definition) is 5. The second-order valence-electron chi connectivity index (χ2n) is 11.3. The largest absolute Gasteiger partial charge is 0.497 e. The number of aryl methyl sites for hydroxylation is 1. The maximum absolute atomic E-state index is 13.3. The van der Waals surface area contributed by atoms with Crippen LogP contribution < -0.4 is 4.74 Å². The first-order valence-corrected chi connectivity index (χ1v) is 14.1. The van der Waals surface area contributed by atoms with Gasteiger partial charge in [0, 0.05) is 50.7 Å². The Morgan fingerprint density at radius 2 is 1.87 bits per heavy atom. The first-order valence-electron chi connectivity index (χ1n) is 14.1. The highest BCUT2D eigenvalue weighted by molar-refractivity contribution is 5.76. The van der Waals surface area contributed by atoms with E-state index in [2.05, 4.69) is 48.3 Å². The van der Waals surface area contributed by atoms with Gasteiger partial charge in [0.15, 0.2) is 0 Å². The summed E-state index contributed by atoms with van der Waals surface area (Å²) in [6.45, 7) is 3.32. The monoisotopic (exact) mass is 520 g/mol. The molecular formula is C32H44N2O4. The molecule has 1 saturated carbocycles. The predicted molar refractivity (Wildman–Crippen MR) is 150 cm³/mol. The minimum atomic E-state index is -0.254. The molecule has 206 valence electrons. The number of hydrogen-bond donors (Lipinski definition) is 0. The summed E-state index contributed by atoms with van der Waals surface area (Å²) in [4.78, 5) is 29.8. The van der Waals surface area contributed by atoms with Crippen molar-refractivity contribution in [3.8, 4) is 5.75 Å². The van der Waals surface area contributed by atoms with E-state index in [0.29, 0.717) is 12.8 Å². The van der Waals surface area contributed by atoms with Crippen molar-refractivity contribution in [1.29, 1.82) is 0 Å². The van der Waals surface area contributed by atoms with Gasteiger partial charge in [-0.05, 0) is 69.0 Å². The van der Waals surface area contributed by atoms with Crippen LogP contribution in [0.25, 0.3) is 0 Å². The molecule has 1 unspecified atom stereocenters. The number of rotatable bonds is 10. The zero-order chi connectivity index (χ0) is 27.1. The maximum atomic E-state index is 13.3. The Morgan fingerprint density at radius 3 is 2.61 bits per heavy atom. The molecule has 4 atom stereocenters. The fraction of sp³-hybridized carbons (Fsp3) is 0.562. The Balaban J connectivity index is 1.48. The van der Waals surface area contributed by atoms with Crippen LogP contribution in [-0.2, 0) is 26.2 Å². The van der Waals surface area contributed by atoms with Gasteiger partial charge in [0.1, 0.15) is 11.9 Å². The Kier molecular flexibility index (Phi) is 9.48. The molecule has 4 rings (SSSR count). The van der Waals surface area contributed by atoms with Crippen molar-refractivity contribution in [2.24, 2.45) is 5.92 Å². The maximum Gasteiger partial charge on any atom is 0.302 e. The summed E-state index contributed by atoms with van der Waals surface area (Å²) in [5.74, 6) is 0.926. The molecule has 0 aromatic heterocycles. The smallest absolute Gasteiger partial charge is 0.302 e. The molecule has 1 aliphatic heterocycles. The van der Waals surface area contributed by atoms with Crippen LogP contribution in [0.1, 0.15) is 63.0 Å². The second kappa shape index (κ2) is 12.8. The lowest BCUT2D eigenvalue weighted by molar-refractivity contribution is -0.160. The number of likely N-dealkylation sites (tertiary alicyclic amines) is 1. The minimum absolute atomic E-state index is 0.0158. The van der Waals surface area contributed by atoms with E-state index in [4.69, 9.17) is 9.47 Å². The van der Waals surface area contributed by atoms with Crippen LogP contribution in [0.2, 0.25) is 0 Å². The zero-order valence-corrected chi connectivity index (χ0v) is 23.5. The third kappa shape index (κ3) is 6.58. The molecule has 1 aliphatic carbocycles. The van der Waals surface area contributed by atoms with E-state index < -0.39 is 0 Å². The van der Waals surface area contributed by atoms with Crippen LogP contribution >= 0.6 is 0 Å². The second-order valence-corrected chi connectivity index (χ2v) is 11.3. The number of fused-ring (bicyclic) bond motifs is 1. The quantitative estimate of drug-likeness (QED) is 0.317. The molecule has 2 aromatic rings. The lowest BCUT2D eigenvalue weighted by Gasteiger charge is -2.56. The number of carbonyl (C=O) groups is 2. The summed E-state index contributed by atoms with van der Waals surface area (Å²) in [5.41, 5.74) is 2.39. The number of methoxy groups -OCH3 is 1. The number of ether oxygens (including phenoxy) is 2. The molecule has 1 saturated heterocycles. The Bertz CT molecular complexity index is 1070. The molecule has 6 heteroatoms. The summed E-state index contributed by atoms with van der Waals surface area (Å²) >= 11 is 0. The molecule has 0 spiro atoms. The van der Waals surface area contributed by atoms with E-state index >= 15 is 0 Å². The third-order valence-corrected chi connectivity index (χ3v) is 8.81. The van der Waals surface area contributed by atoms with Gasteiger partial charge in [-0.25, -0.2) is 0 Å². The van der Waals surface area contributed by atoms with Crippen LogP contribution in [0.5, 0.6) is 5.75 Å². The lowest BCUT2D eigenvalue weighted by atomic mass is 9.56. The van der Waals surface area contributed by atoms with E-state index in [1.54, 1.807) is 7.11 Å². The van der Waals surface area contributed by atoms with E-state index in [9.17, 15) is 9.59 Å². The van der Waals surface area contributed by atoms with Crippen LogP contribution in [0, 0.1) is 5.92 Å². The topological polar surface area (TPSA) is 59.1 Å². The molecule has 6 nitrogen and oxygen atoms in total. The molecule has 1 heterocycles. The van der Waals surface area contributed by atoms with E-state index in [1.807, 2.05) is 30.1 Å². The average molecular weight is 521 g/mol.